The van der Waals surface area contributed by atoms with Crippen LogP contribution in [0.1, 0.15) is 24.2 Å². The lowest BCUT2D eigenvalue weighted by Gasteiger charge is -2.17. The fourth-order valence-electron chi connectivity index (χ4n) is 1.36. The summed E-state index contributed by atoms with van der Waals surface area (Å²) in [7, 11) is -3.21. The predicted molar refractivity (Wildman–Crippen MR) is 60.4 cm³/mol. The Hall–Kier alpha value is -0.870. The van der Waals surface area contributed by atoms with Crippen LogP contribution in [0.3, 0.4) is 0 Å². The highest BCUT2D eigenvalue weighted by atomic mass is 32.2. The van der Waals surface area contributed by atoms with Crippen LogP contribution >= 0.6 is 0 Å². The van der Waals surface area contributed by atoms with E-state index in [9.17, 15) is 13.5 Å². The van der Waals surface area contributed by atoms with Crippen molar-refractivity contribution >= 4 is 9.84 Å². The molecule has 3 nitrogen and oxygen atoms in total. The second-order valence-electron chi connectivity index (χ2n) is 3.89. The van der Waals surface area contributed by atoms with Crippen LogP contribution in [0.4, 0.5) is 0 Å². The maximum Gasteiger partial charge on any atom is 0.152 e. The third kappa shape index (κ3) is 3.04. The molecule has 0 aliphatic rings. The summed E-state index contributed by atoms with van der Waals surface area (Å²) in [5, 5.41) is 9.09. The number of aryl methyl sites for hydroxylation is 1. The number of aliphatic hydroxyl groups excluding tert-OH is 1. The molecule has 1 rings (SSSR count). The zero-order chi connectivity index (χ0) is 11.6. The first-order valence-electron chi connectivity index (χ1n) is 4.76. The molecular formula is C11H16O3S. The van der Waals surface area contributed by atoms with Crippen molar-refractivity contribution in [1.82, 2.24) is 0 Å². The zero-order valence-electron chi connectivity index (χ0n) is 9.14. The standard InChI is InChI=1S/C11H16O3S/c1-8-5-4-6-10(7-8)11(12)9(2)15(3,13)14/h4-7,9,11-12H,1-3H3/t9-,11+/m1/s1. The number of hydrogen-bond acceptors (Lipinski definition) is 3. The van der Waals surface area contributed by atoms with Crippen LogP contribution in [0.15, 0.2) is 24.3 Å². The van der Waals surface area contributed by atoms with Gasteiger partial charge in [-0.25, -0.2) is 8.42 Å². The lowest BCUT2D eigenvalue weighted by Crippen LogP contribution is -2.24. The van der Waals surface area contributed by atoms with Gasteiger partial charge in [0.05, 0.1) is 11.4 Å². The third-order valence-electron chi connectivity index (χ3n) is 2.50. The molecule has 0 saturated carbocycles. The molecule has 2 atom stereocenters. The second kappa shape index (κ2) is 4.33. The third-order valence-corrected chi connectivity index (χ3v) is 4.11. The molecule has 4 heteroatoms. The van der Waals surface area contributed by atoms with E-state index in [2.05, 4.69) is 0 Å². The molecule has 0 aliphatic carbocycles. The van der Waals surface area contributed by atoms with Gasteiger partial charge in [-0.2, -0.15) is 0 Å². The van der Waals surface area contributed by atoms with E-state index in [4.69, 9.17) is 0 Å². The first-order chi connectivity index (χ1) is 6.82. The van der Waals surface area contributed by atoms with Gasteiger partial charge < -0.3 is 5.11 Å². The number of hydrogen-bond donors (Lipinski definition) is 1. The van der Waals surface area contributed by atoms with Gasteiger partial charge in [-0.05, 0) is 19.4 Å². The van der Waals surface area contributed by atoms with Gasteiger partial charge in [0.25, 0.3) is 0 Å². The maximum atomic E-state index is 11.3. The SMILES string of the molecule is Cc1cccc([C@@H](O)[C@@H](C)S(C)(=O)=O)c1. The second-order valence-corrected chi connectivity index (χ2v) is 6.30. The monoisotopic (exact) mass is 228 g/mol. The van der Waals surface area contributed by atoms with Gasteiger partial charge in [-0.1, -0.05) is 29.8 Å². The van der Waals surface area contributed by atoms with Crippen molar-refractivity contribution in [1.29, 1.82) is 0 Å². The van der Waals surface area contributed by atoms with Gasteiger partial charge in [-0.15, -0.1) is 0 Å². The minimum Gasteiger partial charge on any atom is -0.387 e. The van der Waals surface area contributed by atoms with Gasteiger partial charge in [0.1, 0.15) is 0 Å². The molecule has 0 unspecified atom stereocenters. The summed E-state index contributed by atoms with van der Waals surface area (Å²) in [4.78, 5) is 0. The van der Waals surface area contributed by atoms with Crippen molar-refractivity contribution in [3.63, 3.8) is 0 Å². The Morgan fingerprint density at radius 1 is 1.33 bits per heavy atom. The van der Waals surface area contributed by atoms with Crippen molar-refractivity contribution in [2.75, 3.05) is 6.26 Å². The average molecular weight is 228 g/mol. The molecule has 0 spiro atoms. The Morgan fingerprint density at radius 2 is 1.93 bits per heavy atom. The van der Waals surface area contributed by atoms with Crippen LogP contribution in [0.2, 0.25) is 0 Å². The molecule has 0 aliphatic heterocycles. The lowest BCUT2D eigenvalue weighted by molar-refractivity contribution is 0.176. The van der Waals surface area contributed by atoms with Crippen LogP contribution in [0.5, 0.6) is 0 Å². The molecule has 0 saturated heterocycles. The van der Waals surface area contributed by atoms with Crippen LogP contribution in [0.25, 0.3) is 0 Å². The summed E-state index contributed by atoms with van der Waals surface area (Å²) in [5.41, 5.74) is 1.65. The molecule has 1 aromatic rings. The fourth-order valence-corrected chi connectivity index (χ4v) is 1.98. The highest BCUT2D eigenvalue weighted by molar-refractivity contribution is 7.91. The number of sulfone groups is 1. The molecule has 0 bridgehead atoms. The largest absolute Gasteiger partial charge is 0.387 e. The predicted octanol–water partition coefficient (Wildman–Crippen LogP) is 1.46. The Bertz CT molecular complexity index is 437. The molecule has 0 amide bonds. The summed E-state index contributed by atoms with van der Waals surface area (Å²) < 4.78 is 22.5. The maximum absolute atomic E-state index is 11.3. The van der Waals surface area contributed by atoms with E-state index >= 15 is 0 Å². The summed E-state index contributed by atoms with van der Waals surface area (Å²) >= 11 is 0. The summed E-state index contributed by atoms with van der Waals surface area (Å²) in [6, 6.07) is 7.25. The first kappa shape index (κ1) is 12.2. The average Bonchev–Trinajstić information content (AvgIpc) is 2.14. The Kier molecular flexibility index (Phi) is 3.52. The van der Waals surface area contributed by atoms with Crippen molar-refractivity contribution in [2.45, 2.75) is 25.2 Å². The van der Waals surface area contributed by atoms with Crippen molar-refractivity contribution in [2.24, 2.45) is 0 Å². The number of aliphatic hydroxyl groups is 1. The molecule has 0 heterocycles. The summed E-state index contributed by atoms with van der Waals surface area (Å²) in [6.45, 7) is 3.42. The molecule has 1 N–H and O–H groups in total. The van der Waals surface area contributed by atoms with Gasteiger partial charge in [0, 0.05) is 6.26 Å². The normalized spacial score (nSPS) is 16.0. The lowest BCUT2D eigenvalue weighted by atomic mass is 10.0. The summed E-state index contributed by atoms with van der Waals surface area (Å²) in [5.74, 6) is 0. The fraction of sp³-hybridized carbons (Fsp3) is 0.455. The first-order valence-corrected chi connectivity index (χ1v) is 6.71. The molecule has 84 valence electrons. The quantitative estimate of drug-likeness (QED) is 0.852. The highest BCUT2D eigenvalue weighted by Gasteiger charge is 2.25. The molecule has 1 aromatic carbocycles. The Labute approximate surface area is 90.7 Å². The van der Waals surface area contributed by atoms with Gasteiger partial charge >= 0.3 is 0 Å². The number of rotatable bonds is 3. The van der Waals surface area contributed by atoms with E-state index in [-0.39, 0.29) is 0 Å². The van der Waals surface area contributed by atoms with E-state index < -0.39 is 21.2 Å². The van der Waals surface area contributed by atoms with Crippen molar-refractivity contribution < 1.29 is 13.5 Å². The van der Waals surface area contributed by atoms with Crippen LogP contribution in [-0.2, 0) is 9.84 Å². The Balaban J connectivity index is 3.00. The van der Waals surface area contributed by atoms with Crippen LogP contribution < -0.4 is 0 Å². The Morgan fingerprint density at radius 3 is 2.40 bits per heavy atom. The minimum absolute atomic E-state index is 0.646. The topological polar surface area (TPSA) is 54.4 Å². The van der Waals surface area contributed by atoms with Crippen molar-refractivity contribution in [3.05, 3.63) is 35.4 Å². The van der Waals surface area contributed by atoms with E-state index in [0.717, 1.165) is 11.8 Å². The van der Waals surface area contributed by atoms with Crippen LogP contribution in [-0.4, -0.2) is 25.0 Å². The smallest absolute Gasteiger partial charge is 0.152 e. The summed E-state index contributed by atoms with van der Waals surface area (Å²) in [6.07, 6.45) is 0.177. The minimum atomic E-state index is -3.21. The van der Waals surface area contributed by atoms with Crippen LogP contribution in [0, 0.1) is 6.92 Å². The molecule has 0 fully saturated rings. The van der Waals surface area contributed by atoms with Gasteiger partial charge in [0.15, 0.2) is 9.84 Å². The van der Waals surface area contributed by atoms with E-state index in [1.54, 1.807) is 12.1 Å². The molecule has 0 radical (unpaired) electrons. The van der Waals surface area contributed by atoms with Gasteiger partial charge in [-0.3, -0.25) is 0 Å². The molecule has 15 heavy (non-hydrogen) atoms. The zero-order valence-corrected chi connectivity index (χ0v) is 9.95. The molecular weight excluding hydrogens is 212 g/mol. The highest BCUT2D eigenvalue weighted by Crippen LogP contribution is 2.21. The van der Waals surface area contributed by atoms with Gasteiger partial charge in [0.2, 0.25) is 0 Å². The molecule has 0 aromatic heterocycles. The number of benzene rings is 1. The van der Waals surface area contributed by atoms with E-state index in [1.165, 1.54) is 6.92 Å². The van der Waals surface area contributed by atoms with E-state index in [1.807, 2.05) is 19.1 Å². The van der Waals surface area contributed by atoms with E-state index in [0.29, 0.717) is 5.56 Å². The van der Waals surface area contributed by atoms with Crippen molar-refractivity contribution in [3.8, 4) is 0 Å².